The molecule has 0 spiro atoms. The third-order valence-electron chi connectivity index (χ3n) is 6.26. The van der Waals surface area contributed by atoms with Gasteiger partial charge in [0.15, 0.2) is 18.9 Å². The minimum atomic E-state index is -0.576. The van der Waals surface area contributed by atoms with Crippen LogP contribution in [0, 0.1) is 0 Å². The molecule has 0 fully saturated rings. The molecule has 0 radical (unpaired) electrons. The Bertz CT molecular complexity index is 1410. The van der Waals surface area contributed by atoms with E-state index in [9.17, 15) is 19.5 Å². The zero-order valence-corrected chi connectivity index (χ0v) is 26.8. The second-order valence-corrected chi connectivity index (χ2v) is 10.0. The van der Waals surface area contributed by atoms with E-state index in [4.69, 9.17) is 13.9 Å². The van der Waals surface area contributed by atoms with Gasteiger partial charge in [-0.25, -0.2) is 14.2 Å². The second-order valence-electron chi connectivity index (χ2n) is 8.93. The number of fused-ring (bicyclic) bond motifs is 1. The molecule has 1 aromatic carbocycles. The molecule has 0 saturated carbocycles. The highest BCUT2D eigenvalue weighted by molar-refractivity contribution is 7.99. The number of unbranched alkanes of at least 4 members (excludes halogenated alkanes) is 1. The highest BCUT2D eigenvalue weighted by atomic mass is 127. The van der Waals surface area contributed by atoms with Gasteiger partial charge in [0.1, 0.15) is 18.7 Å². The lowest BCUT2D eigenvalue weighted by Crippen LogP contribution is -3.00. The molecule has 0 aliphatic carbocycles. The van der Waals surface area contributed by atoms with Crippen LogP contribution in [0.2, 0.25) is 0 Å². The molecule has 0 saturated heterocycles. The Labute approximate surface area is 261 Å². The van der Waals surface area contributed by atoms with Gasteiger partial charge in [0.25, 0.3) is 0 Å². The standard InChI is InChI=1S/C30H37N2O7S.HI/c1-5-8-17-40-28-23-10-9-22(32(6-2)20-27(34)37-4)18-26(23)39-30(36)25(28)19-24(29(35)38-7-3)21-11-13-31(14-12-21)15-16-33;/h9-14,18-19,33H,5-8,15-17,20H2,1-4H3;1H/q+1;/p-1. The van der Waals surface area contributed by atoms with E-state index in [1.54, 1.807) is 59.9 Å². The van der Waals surface area contributed by atoms with E-state index in [2.05, 4.69) is 6.92 Å². The molecule has 3 aromatic rings. The van der Waals surface area contributed by atoms with Crippen LogP contribution < -0.4 is 39.1 Å². The number of anilines is 1. The molecule has 2 aromatic heterocycles. The normalized spacial score (nSPS) is 11.2. The molecule has 1 N–H and O–H groups in total. The molecular formula is C30H37IN2O7S. The molecule has 3 rings (SSSR count). The fourth-order valence-corrected chi connectivity index (χ4v) is 5.35. The number of benzene rings is 1. The van der Waals surface area contributed by atoms with Gasteiger partial charge in [-0.15, -0.1) is 11.8 Å². The van der Waals surface area contributed by atoms with Crippen LogP contribution in [0.1, 0.15) is 44.7 Å². The number of halogens is 1. The number of hydrogen-bond acceptors (Lipinski definition) is 9. The van der Waals surface area contributed by atoms with Crippen molar-refractivity contribution >= 4 is 52.0 Å². The largest absolute Gasteiger partial charge is 1.00 e. The van der Waals surface area contributed by atoms with Crippen LogP contribution in [-0.2, 0) is 25.6 Å². The van der Waals surface area contributed by atoms with Crippen molar-refractivity contribution in [2.24, 2.45) is 0 Å². The second kappa shape index (κ2) is 17.1. The Morgan fingerprint density at radius 2 is 1.88 bits per heavy atom. The van der Waals surface area contributed by atoms with E-state index in [1.165, 1.54) is 7.11 Å². The average Bonchev–Trinajstić information content (AvgIpc) is 2.95. The summed E-state index contributed by atoms with van der Waals surface area (Å²) in [5.74, 6) is -0.139. The van der Waals surface area contributed by atoms with Gasteiger partial charge in [0, 0.05) is 46.3 Å². The van der Waals surface area contributed by atoms with Gasteiger partial charge in [-0.05, 0) is 44.2 Å². The minimum absolute atomic E-state index is 0. The Kier molecular flexibility index (Phi) is 14.3. The third-order valence-corrected chi connectivity index (χ3v) is 7.48. The lowest BCUT2D eigenvalue weighted by atomic mass is 10.0. The number of pyridine rings is 1. The SMILES string of the molecule is CCCCSc1c(C=C(C(=O)OCC)c2cc[n+](CCO)cc2)c(=O)oc2cc(N(CC)CC(=O)OC)ccc12.[I-]. The smallest absolute Gasteiger partial charge is 0.344 e. The van der Waals surface area contributed by atoms with Crippen LogP contribution in [0.25, 0.3) is 22.6 Å². The van der Waals surface area contributed by atoms with Gasteiger partial charge < -0.3 is 47.9 Å². The third kappa shape index (κ3) is 9.04. The van der Waals surface area contributed by atoms with Crippen LogP contribution in [0.4, 0.5) is 5.69 Å². The average molecular weight is 697 g/mol. The maximum atomic E-state index is 13.5. The molecule has 0 aliphatic rings. The van der Waals surface area contributed by atoms with Crippen molar-refractivity contribution in [2.75, 3.05) is 44.1 Å². The summed E-state index contributed by atoms with van der Waals surface area (Å²) >= 11 is 1.54. The lowest BCUT2D eigenvalue weighted by molar-refractivity contribution is -0.698. The van der Waals surface area contributed by atoms with Gasteiger partial charge in [0.2, 0.25) is 0 Å². The number of aliphatic hydroxyl groups excluding tert-OH is 1. The van der Waals surface area contributed by atoms with Crippen molar-refractivity contribution in [3.05, 3.63) is 64.3 Å². The summed E-state index contributed by atoms with van der Waals surface area (Å²) in [6, 6.07) is 9.01. The first-order valence-electron chi connectivity index (χ1n) is 13.4. The van der Waals surface area contributed by atoms with E-state index in [0.717, 1.165) is 34.6 Å². The molecule has 222 valence electrons. The minimum Gasteiger partial charge on any atom is -1.00 e. The Morgan fingerprint density at radius 1 is 1.15 bits per heavy atom. The number of rotatable bonds is 14. The van der Waals surface area contributed by atoms with Gasteiger partial charge in [0.05, 0.1) is 24.9 Å². The maximum absolute atomic E-state index is 13.5. The van der Waals surface area contributed by atoms with Crippen molar-refractivity contribution < 1.29 is 57.1 Å². The summed E-state index contributed by atoms with van der Waals surface area (Å²) in [6.45, 7) is 6.97. The molecule has 9 nitrogen and oxygen atoms in total. The Hall–Kier alpha value is -2.90. The lowest BCUT2D eigenvalue weighted by Gasteiger charge is -2.22. The van der Waals surface area contributed by atoms with Gasteiger partial charge in [-0.2, -0.15) is 0 Å². The molecule has 41 heavy (non-hydrogen) atoms. The van der Waals surface area contributed by atoms with Gasteiger partial charge >= 0.3 is 17.6 Å². The topological polar surface area (TPSA) is 110 Å². The maximum Gasteiger partial charge on any atom is 0.344 e. The highest BCUT2D eigenvalue weighted by Crippen LogP contribution is 2.34. The number of likely N-dealkylation sites (N-methyl/N-ethyl adjacent to an activating group) is 1. The van der Waals surface area contributed by atoms with Crippen LogP contribution in [0.3, 0.4) is 0 Å². The number of carbonyl (C=O) groups excluding carboxylic acids is 2. The highest BCUT2D eigenvalue weighted by Gasteiger charge is 2.21. The quantitative estimate of drug-likeness (QED) is 0.0504. The first-order chi connectivity index (χ1) is 19.4. The molecular weight excluding hydrogens is 659 g/mol. The van der Waals surface area contributed by atoms with Crippen molar-refractivity contribution in [3.8, 4) is 0 Å². The number of ether oxygens (including phenoxy) is 2. The summed E-state index contributed by atoms with van der Waals surface area (Å²) in [4.78, 5) is 40.9. The van der Waals surface area contributed by atoms with Crippen molar-refractivity contribution in [1.29, 1.82) is 0 Å². The van der Waals surface area contributed by atoms with Crippen molar-refractivity contribution in [1.82, 2.24) is 0 Å². The number of aromatic nitrogens is 1. The fourth-order valence-electron chi connectivity index (χ4n) is 4.09. The van der Waals surface area contributed by atoms with E-state index in [0.29, 0.717) is 24.2 Å². The Balaban J connectivity index is 0.00000588. The molecule has 0 amide bonds. The van der Waals surface area contributed by atoms with Crippen LogP contribution in [0.15, 0.2) is 56.8 Å². The molecule has 11 heteroatoms. The zero-order valence-electron chi connectivity index (χ0n) is 23.9. The molecule has 0 bridgehead atoms. The van der Waals surface area contributed by atoms with E-state index in [1.807, 2.05) is 24.0 Å². The molecule has 2 heterocycles. The van der Waals surface area contributed by atoms with E-state index in [-0.39, 0.29) is 60.8 Å². The Morgan fingerprint density at radius 3 is 2.49 bits per heavy atom. The number of thioether (sulfide) groups is 1. The number of carbonyl (C=O) groups is 2. The van der Waals surface area contributed by atoms with Crippen LogP contribution in [0.5, 0.6) is 0 Å². The fraction of sp³-hybridized carbons (Fsp3) is 0.400. The number of methoxy groups -OCH3 is 1. The first kappa shape index (κ1) is 34.3. The number of hydrogen-bond donors (Lipinski definition) is 1. The number of esters is 2. The molecule has 0 unspecified atom stereocenters. The molecule has 0 atom stereocenters. The van der Waals surface area contributed by atoms with Crippen LogP contribution in [-0.4, -0.2) is 56.2 Å². The summed E-state index contributed by atoms with van der Waals surface area (Å²) < 4.78 is 17.7. The van der Waals surface area contributed by atoms with Gasteiger partial charge in [-0.1, -0.05) is 13.3 Å². The number of nitrogens with zero attached hydrogens (tertiary/aromatic N) is 2. The number of aliphatic hydroxyl groups is 1. The zero-order chi connectivity index (χ0) is 29.1. The van der Waals surface area contributed by atoms with Gasteiger partial charge in [-0.3, -0.25) is 4.79 Å². The van der Waals surface area contributed by atoms with Crippen molar-refractivity contribution in [2.45, 2.75) is 45.1 Å². The molecule has 0 aliphatic heterocycles. The van der Waals surface area contributed by atoms with E-state index >= 15 is 0 Å². The summed E-state index contributed by atoms with van der Waals surface area (Å²) in [6.07, 6.45) is 7.01. The predicted molar refractivity (Wildman–Crippen MR) is 156 cm³/mol. The summed E-state index contributed by atoms with van der Waals surface area (Å²) in [5, 5.41) is 9.96. The predicted octanol–water partition coefficient (Wildman–Crippen LogP) is 1.07. The van der Waals surface area contributed by atoms with E-state index < -0.39 is 11.6 Å². The monoisotopic (exact) mass is 696 g/mol. The first-order valence-corrected chi connectivity index (χ1v) is 14.4. The van der Waals surface area contributed by atoms with Crippen LogP contribution >= 0.6 is 11.8 Å². The summed E-state index contributed by atoms with van der Waals surface area (Å²) in [5.41, 5.74) is 1.63. The van der Waals surface area contributed by atoms with Crippen molar-refractivity contribution in [3.63, 3.8) is 0 Å². The summed E-state index contributed by atoms with van der Waals surface area (Å²) in [7, 11) is 1.34.